The van der Waals surface area contributed by atoms with Gasteiger partial charge in [0.05, 0.1) is 5.56 Å². The van der Waals surface area contributed by atoms with Crippen LogP contribution in [0.2, 0.25) is 0 Å². The molecule has 0 unspecified atom stereocenters. The minimum atomic E-state index is -0.211. The molecule has 1 aromatic carbocycles. The van der Waals surface area contributed by atoms with E-state index in [1.54, 1.807) is 12.1 Å². The summed E-state index contributed by atoms with van der Waals surface area (Å²) in [6.45, 7) is 0.659. The van der Waals surface area contributed by atoms with Gasteiger partial charge in [-0.2, -0.15) is 0 Å². The first-order valence-corrected chi connectivity index (χ1v) is 8.30. The second-order valence-electron chi connectivity index (χ2n) is 5.18. The number of hydrogen-bond donors (Lipinski definition) is 2. The van der Waals surface area contributed by atoms with Gasteiger partial charge in [0.25, 0.3) is 5.91 Å². The molecular formula is C14H17Br2NO2. The number of hydrogen-bond acceptors (Lipinski definition) is 2. The lowest BCUT2D eigenvalue weighted by Crippen LogP contribution is -2.37. The molecule has 104 valence electrons. The molecule has 0 radical (unpaired) electrons. The average molecular weight is 391 g/mol. The number of carbonyl (C=O) groups is 1. The molecule has 1 aliphatic carbocycles. The highest BCUT2D eigenvalue weighted by Crippen LogP contribution is 2.39. The van der Waals surface area contributed by atoms with E-state index >= 15 is 0 Å². The molecular weight excluding hydrogens is 374 g/mol. The van der Waals surface area contributed by atoms with E-state index in [0.29, 0.717) is 12.1 Å². The Morgan fingerprint density at radius 3 is 2.63 bits per heavy atom. The Kier molecular flexibility index (Phi) is 4.90. The standard InChI is InChI=1S/C14H17Br2NO2/c15-8-14(5-1-2-6-14)9-17-13(19)11-4-3-10(16)7-12(11)18/h3-4,7,18H,1-2,5-6,8-9H2,(H,17,19). The lowest BCUT2D eigenvalue weighted by molar-refractivity contribution is 0.0933. The molecule has 5 heteroatoms. The van der Waals surface area contributed by atoms with Gasteiger partial charge in [-0.1, -0.05) is 44.7 Å². The number of rotatable bonds is 4. The topological polar surface area (TPSA) is 49.3 Å². The summed E-state index contributed by atoms with van der Waals surface area (Å²) in [6.07, 6.45) is 4.74. The number of aromatic hydroxyl groups is 1. The second kappa shape index (κ2) is 6.27. The van der Waals surface area contributed by atoms with Gasteiger partial charge in [-0.25, -0.2) is 0 Å². The number of nitrogens with one attached hydrogen (secondary N) is 1. The summed E-state index contributed by atoms with van der Waals surface area (Å²) in [5.41, 5.74) is 0.506. The molecule has 1 saturated carbocycles. The summed E-state index contributed by atoms with van der Waals surface area (Å²) < 4.78 is 0.759. The van der Waals surface area contributed by atoms with Crippen molar-refractivity contribution >= 4 is 37.8 Å². The molecule has 0 aliphatic heterocycles. The van der Waals surface area contributed by atoms with Gasteiger partial charge in [-0.15, -0.1) is 0 Å². The monoisotopic (exact) mass is 389 g/mol. The van der Waals surface area contributed by atoms with Crippen LogP contribution in [0.4, 0.5) is 0 Å². The quantitative estimate of drug-likeness (QED) is 0.767. The number of phenolic OH excluding ortho intramolecular Hbond substituents is 1. The summed E-state index contributed by atoms with van der Waals surface area (Å²) in [5.74, 6) is -0.205. The first kappa shape index (κ1) is 14.9. The predicted octanol–water partition coefficient (Wildman–Crippen LogP) is 3.84. The van der Waals surface area contributed by atoms with Crippen molar-refractivity contribution in [2.75, 3.05) is 11.9 Å². The van der Waals surface area contributed by atoms with Crippen LogP contribution in [0, 0.1) is 5.41 Å². The van der Waals surface area contributed by atoms with Crippen LogP contribution in [-0.2, 0) is 0 Å². The van der Waals surface area contributed by atoms with Crippen molar-refractivity contribution in [3.63, 3.8) is 0 Å². The van der Waals surface area contributed by atoms with Gasteiger partial charge >= 0.3 is 0 Å². The zero-order valence-corrected chi connectivity index (χ0v) is 13.8. The lowest BCUT2D eigenvalue weighted by atomic mass is 9.89. The molecule has 0 spiro atoms. The third-order valence-electron chi connectivity index (χ3n) is 3.78. The van der Waals surface area contributed by atoms with Crippen LogP contribution in [0.25, 0.3) is 0 Å². The Bertz CT molecular complexity index is 471. The van der Waals surface area contributed by atoms with Crippen molar-refractivity contribution < 1.29 is 9.90 Å². The molecule has 0 bridgehead atoms. The summed E-state index contributed by atoms with van der Waals surface area (Å²) in [4.78, 5) is 12.1. The number of benzene rings is 1. The van der Waals surface area contributed by atoms with Gasteiger partial charge in [0.15, 0.2) is 0 Å². The lowest BCUT2D eigenvalue weighted by Gasteiger charge is -2.26. The van der Waals surface area contributed by atoms with Crippen molar-refractivity contribution in [3.8, 4) is 5.75 Å². The SMILES string of the molecule is O=C(NCC1(CBr)CCCC1)c1ccc(Br)cc1O. The van der Waals surface area contributed by atoms with Crippen LogP contribution in [0.15, 0.2) is 22.7 Å². The van der Waals surface area contributed by atoms with Gasteiger partial charge in [-0.05, 0) is 36.5 Å². The van der Waals surface area contributed by atoms with Crippen molar-refractivity contribution in [1.29, 1.82) is 0 Å². The molecule has 0 heterocycles. The summed E-state index contributed by atoms with van der Waals surface area (Å²) in [6, 6.07) is 4.92. The summed E-state index contributed by atoms with van der Waals surface area (Å²) in [7, 11) is 0. The van der Waals surface area contributed by atoms with Crippen molar-refractivity contribution in [2.24, 2.45) is 5.41 Å². The van der Waals surface area contributed by atoms with Crippen LogP contribution >= 0.6 is 31.9 Å². The fourth-order valence-electron chi connectivity index (χ4n) is 2.54. The first-order chi connectivity index (χ1) is 9.06. The van der Waals surface area contributed by atoms with Crippen molar-refractivity contribution in [3.05, 3.63) is 28.2 Å². The van der Waals surface area contributed by atoms with Crippen LogP contribution < -0.4 is 5.32 Å². The van der Waals surface area contributed by atoms with Crippen molar-refractivity contribution in [1.82, 2.24) is 5.32 Å². The van der Waals surface area contributed by atoms with E-state index in [4.69, 9.17) is 0 Å². The van der Waals surface area contributed by atoms with E-state index < -0.39 is 0 Å². The summed E-state index contributed by atoms with van der Waals surface area (Å²) in [5, 5.41) is 13.6. The van der Waals surface area contributed by atoms with E-state index in [1.807, 2.05) is 0 Å². The highest BCUT2D eigenvalue weighted by Gasteiger charge is 2.33. The molecule has 0 aromatic heterocycles. The van der Waals surface area contributed by atoms with Crippen LogP contribution in [-0.4, -0.2) is 22.9 Å². The van der Waals surface area contributed by atoms with E-state index in [9.17, 15) is 9.90 Å². The van der Waals surface area contributed by atoms with Gasteiger partial charge in [0.2, 0.25) is 0 Å². The van der Waals surface area contributed by atoms with Gasteiger partial charge in [0.1, 0.15) is 5.75 Å². The van der Waals surface area contributed by atoms with Crippen LogP contribution in [0.3, 0.4) is 0 Å². The Morgan fingerprint density at radius 1 is 1.37 bits per heavy atom. The number of amides is 1. The van der Waals surface area contributed by atoms with Gasteiger partial charge in [0, 0.05) is 16.3 Å². The maximum Gasteiger partial charge on any atom is 0.255 e. The fourth-order valence-corrected chi connectivity index (χ4v) is 3.65. The second-order valence-corrected chi connectivity index (χ2v) is 6.66. The van der Waals surface area contributed by atoms with Crippen LogP contribution in [0.5, 0.6) is 5.75 Å². The number of carbonyl (C=O) groups excluding carboxylic acids is 1. The number of alkyl halides is 1. The Labute approximate surface area is 130 Å². The normalized spacial score (nSPS) is 17.4. The Balaban J connectivity index is 2.01. The van der Waals surface area contributed by atoms with Crippen LogP contribution in [0.1, 0.15) is 36.0 Å². The summed E-state index contributed by atoms with van der Waals surface area (Å²) >= 11 is 6.82. The zero-order valence-electron chi connectivity index (χ0n) is 10.6. The van der Waals surface area contributed by atoms with E-state index in [-0.39, 0.29) is 17.1 Å². The maximum atomic E-state index is 12.1. The molecule has 1 aliphatic rings. The highest BCUT2D eigenvalue weighted by molar-refractivity contribution is 9.10. The number of halogens is 2. The Hall–Kier alpha value is -0.550. The molecule has 0 atom stereocenters. The minimum absolute atomic E-state index is 0.00573. The van der Waals surface area contributed by atoms with Gasteiger partial charge < -0.3 is 10.4 Å². The first-order valence-electron chi connectivity index (χ1n) is 6.39. The number of phenols is 1. The predicted molar refractivity (Wildman–Crippen MR) is 82.8 cm³/mol. The largest absolute Gasteiger partial charge is 0.507 e. The van der Waals surface area contributed by atoms with E-state index in [2.05, 4.69) is 37.2 Å². The zero-order chi connectivity index (χ0) is 13.9. The third kappa shape index (κ3) is 3.51. The molecule has 2 rings (SSSR count). The Morgan fingerprint density at radius 2 is 2.05 bits per heavy atom. The van der Waals surface area contributed by atoms with Crippen molar-refractivity contribution in [2.45, 2.75) is 25.7 Å². The van der Waals surface area contributed by atoms with E-state index in [0.717, 1.165) is 22.6 Å². The molecule has 1 amide bonds. The molecule has 1 aromatic rings. The fraction of sp³-hybridized carbons (Fsp3) is 0.500. The van der Waals surface area contributed by atoms with E-state index in [1.165, 1.54) is 18.9 Å². The smallest absolute Gasteiger partial charge is 0.255 e. The molecule has 19 heavy (non-hydrogen) atoms. The molecule has 1 fully saturated rings. The van der Waals surface area contributed by atoms with Gasteiger partial charge in [-0.3, -0.25) is 4.79 Å². The maximum absolute atomic E-state index is 12.1. The molecule has 0 saturated heterocycles. The molecule has 2 N–H and O–H groups in total. The average Bonchev–Trinajstić information content (AvgIpc) is 2.85. The minimum Gasteiger partial charge on any atom is -0.507 e. The molecule has 3 nitrogen and oxygen atoms in total. The third-order valence-corrected chi connectivity index (χ3v) is 5.46. The highest BCUT2D eigenvalue weighted by atomic mass is 79.9.